The van der Waals surface area contributed by atoms with E-state index in [-0.39, 0.29) is 5.82 Å². The number of anilines is 1. The second-order valence-corrected chi connectivity index (χ2v) is 3.69. The molecule has 0 aliphatic rings. The molecule has 0 aromatic carbocycles. The van der Waals surface area contributed by atoms with Crippen LogP contribution in [0.1, 0.15) is 0 Å². The quantitative estimate of drug-likeness (QED) is 0.860. The maximum atomic E-state index is 12.5. The molecule has 84 valence electrons. The average Bonchev–Trinajstić information content (AvgIpc) is 2.17. The van der Waals surface area contributed by atoms with Crippen LogP contribution < -0.4 is 5.32 Å². The molecule has 0 saturated carbocycles. The first-order valence-electron chi connectivity index (χ1n) is 3.93. The lowest BCUT2D eigenvalue weighted by molar-refractivity contribution is -0.117. The summed E-state index contributed by atoms with van der Waals surface area (Å²) in [7, 11) is 0. The second-order valence-electron chi connectivity index (χ2n) is 2.78. The molecular formula is C8H7BrF4N2. The monoisotopic (exact) mass is 286 g/mol. The highest BCUT2D eigenvalue weighted by atomic mass is 79.9. The highest BCUT2D eigenvalue weighted by Gasteiger charge is 2.40. The Morgan fingerprint density at radius 3 is 2.53 bits per heavy atom. The SMILES string of the molecule is FC(F)C(F)(F)CNc1ccc(Br)cn1. The van der Waals surface area contributed by atoms with Gasteiger partial charge in [-0.2, -0.15) is 8.78 Å². The number of alkyl halides is 4. The van der Waals surface area contributed by atoms with E-state index < -0.39 is 18.9 Å². The third-order valence-electron chi connectivity index (χ3n) is 1.55. The largest absolute Gasteiger partial charge is 0.364 e. The van der Waals surface area contributed by atoms with Crippen molar-refractivity contribution in [2.75, 3.05) is 11.9 Å². The van der Waals surface area contributed by atoms with Gasteiger partial charge in [0.05, 0.1) is 6.54 Å². The second kappa shape index (κ2) is 4.78. The lowest BCUT2D eigenvalue weighted by Gasteiger charge is -2.15. The number of rotatable bonds is 4. The molecule has 0 unspecified atom stereocenters. The fourth-order valence-corrected chi connectivity index (χ4v) is 1.00. The molecule has 0 aliphatic heterocycles. The van der Waals surface area contributed by atoms with Crippen LogP contribution in [0.2, 0.25) is 0 Å². The van der Waals surface area contributed by atoms with E-state index in [0.717, 1.165) is 0 Å². The Kier molecular flexibility index (Phi) is 3.90. The van der Waals surface area contributed by atoms with Crippen molar-refractivity contribution in [3.63, 3.8) is 0 Å². The summed E-state index contributed by atoms with van der Waals surface area (Å²) in [5, 5.41) is 2.13. The number of nitrogens with zero attached hydrogens (tertiary/aromatic N) is 1. The van der Waals surface area contributed by atoms with E-state index in [1.807, 2.05) is 0 Å². The molecule has 0 bridgehead atoms. The van der Waals surface area contributed by atoms with Crippen LogP contribution in [0.15, 0.2) is 22.8 Å². The van der Waals surface area contributed by atoms with Crippen molar-refractivity contribution < 1.29 is 17.6 Å². The Balaban J connectivity index is 2.54. The average molecular weight is 287 g/mol. The highest BCUT2D eigenvalue weighted by molar-refractivity contribution is 9.10. The maximum absolute atomic E-state index is 12.5. The van der Waals surface area contributed by atoms with Crippen LogP contribution in [0.4, 0.5) is 23.4 Å². The first-order valence-corrected chi connectivity index (χ1v) is 4.72. The molecule has 1 rings (SSSR count). The molecule has 7 heteroatoms. The van der Waals surface area contributed by atoms with Crippen LogP contribution >= 0.6 is 15.9 Å². The molecule has 0 radical (unpaired) electrons. The summed E-state index contributed by atoms with van der Waals surface area (Å²) in [5.41, 5.74) is 0. The summed E-state index contributed by atoms with van der Waals surface area (Å²) in [6, 6.07) is 2.97. The molecular weight excluding hydrogens is 280 g/mol. The Labute approximate surface area is 91.8 Å². The zero-order valence-corrected chi connectivity index (χ0v) is 8.94. The highest BCUT2D eigenvalue weighted by Crippen LogP contribution is 2.23. The van der Waals surface area contributed by atoms with Crippen LogP contribution in [0.25, 0.3) is 0 Å². The number of hydrogen-bond donors (Lipinski definition) is 1. The van der Waals surface area contributed by atoms with Crippen molar-refractivity contribution in [3.8, 4) is 0 Å². The van der Waals surface area contributed by atoms with E-state index in [1.54, 1.807) is 6.07 Å². The number of halogens is 5. The standard InChI is InChI=1S/C8H7BrF4N2/c9-5-1-2-6(14-3-5)15-4-8(12,13)7(10)11/h1-3,7H,4H2,(H,14,15). The first kappa shape index (κ1) is 12.2. The van der Waals surface area contributed by atoms with E-state index in [0.29, 0.717) is 4.47 Å². The lowest BCUT2D eigenvalue weighted by Crippen LogP contribution is -2.34. The lowest BCUT2D eigenvalue weighted by atomic mass is 10.3. The van der Waals surface area contributed by atoms with Crippen LogP contribution in [0.3, 0.4) is 0 Å². The van der Waals surface area contributed by atoms with Gasteiger partial charge in [0.25, 0.3) is 0 Å². The summed E-state index contributed by atoms with van der Waals surface area (Å²) in [4.78, 5) is 3.70. The van der Waals surface area contributed by atoms with Crippen LogP contribution in [-0.4, -0.2) is 23.9 Å². The Bertz CT molecular complexity index is 315. The van der Waals surface area contributed by atoms with Crippen molar-refractivity contribution >= 4 is 21.7 Å². The first-order chi connectivity index (χ1) is 6.92. The predicted molar refractivity (Wildman–Crippen MR) is 51.4 cm³/mol. The maximum Gasteiger partial charge on any atom is 0.324 e. The molecule has 0 fully saturated rings. The minimum atomic E-state index is -4.05. The van der Waals surface area contributed by atoms with Crippen molar-refractivity contribution in [1.29, 1.82) is 0 Å². The van der Waals surface area contributed by atoms with Crippen LogP contribution in [-0.2, 0) is 0 Å². The summed E-state index contributed by atoms with van der Waals surface area (Å²) in [5.74, 6) is -3.92. The van der Waals surface area contributed by atoms with Gasteiger partial charge in [0.1, 0.15) is 5.82 Å². The third-order valence-corrected chi connectivity index (χ3v) is 2.02. The Morgan fingerprint density at radius 2 is 2.07 bits per heavy atom. The topological polar surface area (TPSA) is 24.9 Å². The number of aromatic nitrogens is 1. The summed E-state index contributed by atoms with van der Waals surface area (Å²) < 4.78 is 49.1. The van der Waals surface area contributed by atoms with Gasteiger partial charge in [0, 0.05) is 10.7 Å². The van der Waals surface area contributed by atoms with Gasteiger partial charge in [-0.1, -0.05) is 0 Å². The zero-order valence-electron chi connectivity index (χ0n) is 7.35. The van der Waals surface area contributed by atoms with Gasteiger partial charge in [-0.3, -0.25) is 0 Å². The smallest absolute Gasteiger partial charge is 0.324 e. The minimum absolute atomic E-state index is 0.124. The van der Waals surface area contributed by atoms with Crippen molar-refractivity contribution in [1.82, 2.24) is 4.98 Å². The van der Waals surface area contributed by atoms with Gasteiger partial charge in [-0.25, -0.2) is 13.8 Å². The number of pyridine rings is 1. The molecule has 0 amide bonds. The molecule has 0 aliphatic carbocycles. The third kappa shape index (κ3) is 3.65. The van der Waals surface area contributed by atoms with Gasteiger partial charge < -0.3 is 5.32 Å². The summed E-state index contributed by atoms with van der Waals surface area (Å²) >= 11 is 3.10. The van der Waals surface area contributed by atoms with E-state index in [4.69, 9.17) is 0 Å². The van der Waals surface area contributed by atoms with E-state index >= 15 is 0 Å². The molecule has 0 atom stereocenters. The number of hydrogen-bond acceptors (Lipinski definition) is 2. The molecule has 0 spiro atoms. The summed E-state index contributed by atoms with van der Waals surface area (Å²) in [6.45, 7) is -1.14. The van der Waals surface area contributed by atoms with Gasteiger partial charge in [0.15, 0.2) is 0 Å². The minimum Gasteiger partial charge on any atom is -0.364 e. The van der Waals surface area contributed by atoms with Gasteiger partial charge in [0.2, 0.25) is 0 Å². The van der Waals surface area contributed by atoms with Crippen molar-refractivity contribution in [2.24, 2.45) is 0 Å². The van der Waals surface area contributed by atoms with Gasteiger partial charge in [-0.05, 0) is 28.1 Å². The molecule has 1 heterocycles. The predicted octanol–water partition coefficient (Wildman–Crippen LogP) is 3.16. The van der Waals surface area contributed by atoms with Crippen molar-refractivity contribution in [3.05, 3.63) is 22.8 Å². The van der Waals surface area contributed by atoms with Crippen molar-refractivity contribution in [2.45, 2.75) is 12.3 Å². The molecule has 15 heavy (non-hydrogen) atoms. The molecule has 0 saturated heterocycles. The molecule has 1 N–H and O–H groups in total. The normalized spacial score (nSPS) is 11.9. The zero-order chi connectivity index (χ0) is 11.5. The van der Waals surface area contributed by atoms with Crippen LogP contribution in [0, 0.1) is 0 Å². The molecule has 1 aromatic heterocycles. The fraction of sp³-hybridized carbons (Fsp3) is 0.375. The fourth-order valence-electron chi connectivity index (χ4n) is 0.766. The molecule has 1 aromatic rings. The Morgan fingerprint density at radius 1 is 1.40 bits per heavy atom. The van der Waals surface area contributed by atoms with E-state index in [9.17, 15) is 17.6 Å². The molecule has 2 nitrogen and oxygen atoms in total. The van der Waals surface area contributed by atoms with Gasteiger partial charge >= 0.3 is 12.3 Å². The number of nitrogens with one attached hydrogen (secondary N) is 1. The summed E-state index contributed by atoms with van der Waals surface area (Å²) in [6.07, 6.45) is -2.30. The van der Waals surface area contributed by atoms with E-state index in [1.165, 1.54) is 12.3 Å². The van der Waals surface area contributed by atoms with Gasteiger partial charge in [-0.15, -0.1) is 0 Å². The van der Waals surface area contributed by atoms with Crippen LogP contribution in [0.5, 0.6) is 0 Å². The Hall–Kier alpha value is -0.850. The van der Waals surface area contributed by atoms with E-state index in [2.05, 4.69) is 26.2 Å².